The molecule has 1 atom stereocenters. The summed E-state index contributed by atoms with van der Waals surface area (Å²) >= 11 is 0. The third-order valence-corrected chi connectivity index (χ3v) is 2.88. The predicted octanol–water partition coefficient (Wildman–Crippen LogP) is 1.22. The van der Waals surface area contributed by atoms with Gasteiger partial charge in [-0.05, 0) is 26.0 Å². The van der Waals surface area contributed by atoms with Crippen LogP contribution < -0.4 is 10.6 Å². The number of rotatable bonds is 6. The molecule has 0 fully saturated rings. The van der Waals surface area contributed by atoms with E-state index in [1.54, 1.807) is 0 Å². The molecule has 4 nitrogen and oxygen atoms in total. The highest BCUT2D eigenvalue weighted by molar-refractivity contribution is 5.85. The van der Waals surface area contributed by atoms with Crippen LogP contribution in [0.1, 0.15) is 32.4 Å². The number of nitrogens with one attached hydrogen (secondary N) is 2. The fraction of sp³-hybridized carbons (Fsp3) is 0.500. The lowest BCUT2D eigenvalue weighted by molar-refractivity contribution is -0.127. The summed E-state index contributed by atoms with van der Waals surface area (Å²) in [4.78, 5) is 12.1. The third-order valence-electron chi connectivity index (χ3n) is 2.88. The lowest BCUT2D eigenvalue weighted by atomic mass is 10.0. The van der Waals surface area contributed by atoms with E-state index in [0.29, 0.717) is 0 Å². The maximum atomic E-state index is 12.1. The summed E-state index contributed by atoms with van der Waals surface area (Å²) in [6.07, 6.45) is 0. The topological polar surface area (TPSA) is 61.4 Å². The summed E-state index contributed by atoms with van der Waals surface area (Å²) in [7, 11) is 0. The van der Waals surface area contributed by atoms with Gasteiger partial charge in [-0.25, -0.2) is 0 Å². The molecule has 0 saturated carbocycles. The van der Waals surface area contributed by atoms with Crippen molar-refractivity contribution in [3.63, 3.8) is 0 Å². The second kappa shape index (κ2) is 6.52. The summed E-state index contributed by atoms with van der Waals surface area (Å²) in [6.45, 7) is 6.21. The van der Waals surface area contributed by atoms with E-state index in [1.165, 1.54) is 0 Å². The minimum absolute atomic E-state index is 0.113. The van der Waals surface area contributed by atoms with Crippen LogP contribution >= 0.6 is 0 Å². The maximum Gasteiger partial charge on any atom is 0.240 e. The quantitative estimate of drug-likeness (QED) is 0.711. The highest BCUT2D eigenvalue weighted by Gasteiger charge is 2.28. The Kier molecular flexibility index (Phi) is 5.31. The van der Waals surface area contributed by atoms with Gasteiger partial charge >= 0.3 is 0 Å². The largest absolute Gasteiger partial charge is 0.394 e. The lowest BCUT2D eigenvalue weighted by Crippen LogP contribution is -2.53. The van der Waals surface area contributed by atoms with Gasteiger partial charge in [0.05, 0.1) is 18.2 Å². The van der Waals surface area contributed by atoms with Crippen molar-refractivity contribution in [3.8, 4) is 0 Å². The van der Waals surface area contributed by atoms with Crippen molar-refractivity contribution < 1.29 is 9.90 Å². The van der Waals surface area contributed by atoms with Gasteiger partial charge in [0.1, 0.15) is 0 Å². The van der Waals surface area contributed by atoms with Crippen LogP contribution in [0.25, 0.3) is 0 Å². The van der Waals surface area contributed by atoms with Gasteiger partial charge in [0.15, 0.2) is 0 Å². The summed E-state index contributed by atoms with van der Waals surface area (Å²) < 4.78 is 0. The molecule has 0 saturated heterocycles. The Morgan fingerprint density at radius 3 is 2.44 bits per heavy atom. The molecular weight excluding hydrogens is 228 g/mol. The van der Waals surface area contributed by atoms with Crippen LogP contribution in [-0.2, 0) is 4.79 Å². The van der Waals surface area contributed by atoms with Crippen molar-refractivity contribution in [1.82, 2.24) is 10.6 Å². The zero-order valence-corrected chi connectivity index (χ0v) is 11.2. The van der Waals surface area contributed by atoms with Crippen LogP contribution in [0.15, 0.2) is 30.3 Å². The van der Waals surface area contributed by atoms with E-state index in [4.69, 9.17) is 0 Å². The van der Waals surface area contributed by atoms with Crippen LogP contribution in [0.3, 0.4) is 0 Å². The van der Waals surface area contributed by atoms with Gasteiger partial charge in [0, 0.05) is 0 Å². The Morgan fingerprint density at radius 2 is 1.94 bits per heavy atom. The molecule has 0 radical (unpaired) electrons. The molecule has 0 heterocycles. The van der Waals surface area contributed by atoms with Crippen molar-refractivity contribution in [2.45, 2.75) is 32.4 Å². The van der Waals surface area contributed by atoms with Crippen molar-refractivity contribution in [3.05, 3.63) is 35.9 Å². The summed E-state index contributed by atoms with van der Waals surface area (Å²) in [5.41, 5.74) is 0.261. The molecule has 0 aliphatic heterocycles. The molecule has 1 aromatic rings. The first-order valence-corrected chi connectivity index (χ1v) is 6.23. The standard InChI is InChI=1S/C14H22N2O2/c1-4-15-14(2,3)13(18)16-12(10-17)11-8-6-5-7-9-11/h5-9,12,15,17H,4,10H2,1-3H3,(H,16,18)/t12-/m1/s1. The van der Waals surface area contributed by atoms with Gasteiger partial charge in [-0.1, -0.05) is 37.3 Å². The van der Waals surface area contributed by atoms with E-state index >= 15 is 0 Å². The summed E-state index contributed by atoms with van der Waals surface area (Å²) in [5.74, 6) is -0.118. The number of likely N-dealkylation sites (N-methyl/N-ethyl adjacent to an activating group) is 1. The number of benzene rings is 1. The van der Waals surface area contributed by atoms with Crippen LogP contribution in [-0.4, -0.2) is 29.7 Å². The fourth-order valence-corrected chi connectivity index (χ4v) is 1.78. The number of hydrogen-bond acceptors (Lipinski definition) is 3. The monoisotopic (exact) mass is 250 g/mol. The number of aliphatic hydroxyl groups excluding tert-OH is 1. The predicted molar refractivity (Wildman–Crippen MR) is 72.2 cm³/mol. The molecule has 1 rings (SSSR count). The summed E-state index contributed by atoms with van der Waals surface area (Å²) in [5, 5.41) is 15.4. The number of aliphatic hydroxyl groups is 1. The normalized spacial score (nSPS) is 13.1. The third kappa shape index (κ3) is 3.82. The molecular formula is C14H22N2O2. The van der Waals surface area contributed by atoms with E-state index in [-0.39, 0.29) is 18.6 Å². The van der Waals surface area contributed by atoms with E-state index in [0.717, 1.165) is 12.1 Å². The van der Waals surface area contributed by atoms with Gasteiger partial charge in [-0.15, -0.1) is 0 Å². The second-order valence-corrected chi connectivity index (χ2v) is 4.77. The molecule has 0 aliphatic carbocycles. The molecule has 100 valence electrons. The minimum Gasteiger partial charge on any atom is -0.394 e. The van der Waals surface area contributed by atoms with Gasteiger partial charge in [-0.2, -0.15) is 0 Å². The molecule has 1 amide bonds. The van der Waals surface area contributed by atoms with Crippen molar-refractivity contribution >= 4 is 5.91 Å². The molecule has 0 aromatic heterocycles. The Labute approximate surface area is 108 Å². The van der Waals surface area contributed by atoms with Crippen LogP contribution in [0.2, 0.25) is 0 Å². The highest BCUT2D eigenvalue weighted by Crippen LogP contribution is 2.13. The Balaban J connectivity index is 2.73. The highest BCUT2D eigenvalue weighted by atomic mass is 16.3. The lowest BCUT2D eigenvalue weighted by Gasteiger charge is -2.27. The fourth-order valence-electron chi connectivity index (χ4n) is 1.78. The summed E-state index contributed by atoms with van der Waals surface area (Å²) in [6, 6.07) is 9.10. The van der Waals surface area contributed by atoms with Gasteiger partial charge in [-0.3, -0.25) is 4.79 Å². The molecule has 3 N–H and O–H groups in total. The number of carbonyl (C=O) groups is 1. The smallest absolute Gasteiger partial charge is 0.240 e. The Hall–Kier alpha value is -1.39. The van der Waals surface area contributed by atoms with Crippen molar-refractivity contribution in [2.24, 2.45) is 0 Å². The molecule has 0 unspecified atom stereocenters. The molecule has 0 bridgehead atoms. The first-order chi connectivity index (χ1) is 8.51. The van der Waals surface area contributed by atoms with E-state index in [9.17, 15) is 9.90 Å². The van der Waals surface area contributed by atoms with Crippen LogP contribution in [0, 0.1) is 0 Å². The van der Waals surface area contributed by atoms with E-state index in [2.05, 4.69) is 10.6 Å². The van der Waals surface area contributed by atoms with Gasteiger partial charge in [0.25, 0.3) is 0 Å². The second-order valence-electron chi connectivity index (χ2n) is 4.77. The van der Waals surface area contributed by atoms with E-state index < -0.39 is 5.54 Å². The molecule has 18 heavy (non-hydrogen) atoms. The van der Waals surface area contributed by atoms with Crippen LogP contribution in [0.4, 0.5) is 0 Å². The van der Waals surface area contributed by atoms with Crippen molar-refractivity contribution in [2.75, 3.05) is 13.2 Å². The first-order valence-electron chi connectivity index (χ1n) is 6.23. The molecule has 0 spiro atoms. The SMILES string of the molecule is CCNC(C)(C)C(=O)N[C@H](CO)c1ccccc1. The average molecular weight is 250 g/mol. The molecule has 1 aromatic carbocycles. The van der Waals surface area contributed by atoms with Gasteiger partial charge in [0.2, 0.25) is 5.91 Å². The number of hydrogen-bond donors (Lipinski definition) is 3. The molecule has 0 aliphatic rings. The number of carbonyl (C=O) groups excluding carboxylic acids is 1. The Bertz CT molecular complexity index is 377. The first kappa shape index (κ1) is 14.7. The maximum absolute atomic E-state index is 12.1. The zero-order valence-electron chi connectivity index (χ0n) is 11.2. The van der Waals surface area contributed by atoms with E-state index in [1.807, 2.05) is 51.1 Å². The minimum atomic E-state index is -0.642. The van der Waals surface area contributed by atoms with Crippen LogP contribution in [0.5, 0.6) is 0 Å². The zero-order chi connectivity index (χ0) is 13.6. The number of amides is 1. The molecule has 4 heteroatoms. The Morgan fingerprint density at radius 1 is 1.33 bits per heavy atom. The average Bonchev–Trinajstić information content (AvgIpc) is 2.36. The van der Waals surface area contributed by atoms with Crippen molar-refractivity contribution in [1.29, 1.82) is 0 Å². The van der Waals surface area contributed by atoms with Gasteiger partial charge < -0.3 is 15.7 Å².